The Morgan fingerprint density at radius 2 is 1.74 bits per heavy atom. The van der Waals surface area contributed by atoms with Gasteiger partial charge in [-0.2, -0.15) is 0 Å². The maximum Gasteiger partial charge on any atom is 0.310 e. The lowest BCUT2D eigenvalue weighted by Gasteiger charge is -2.14. The molecular weight excluding hydrogens is 295 g/mol. The summed E-state index contributed by atoms with van der Waals surface area (Å²) in [6, 6.07) is 8.57. The average Bonchev–Trinajstić information content (AvgIpc) is 2.51. The number of carbonyl (C=O) groups is 1. The van der Waals surface area contributed by atoms with Crippen molar-refractivity contribution in [2.75, 3.05) is 0 Å². The van der Waals surface area contributed by atoms with E-state index in [0.29, 0.717) is 12.2 Å². The molecule has 0 amide bonds. The lowest BCUT2D eigenvalue weighted by molar-refractivity contribution is -0.134. The van der Waals surface area contributed by atoms with Crippen LogP contribution in [0.2, 0.25) is 0 Å². The zero-order valence-corrected chi connectivity index (χ0v) is 13.9. The van der Waals surface area contributed by atoms with Crippen LogP contribution in [0.5, 0.6) is 11.5 Å². The van der Waals surface area contributed by atoms with Crippen molar-refractivity contribution in [3.63, 3.8) is 0 Å². The third-order valence-electron chi connectivity index (χ3n) is 3.80. The number of hydrogen-bond donors (Lipinski definition) is 0. The van der Waals surface area contributed by atoms with E-state index in [1.54, 1.807) is 19.1 Å². The highest BCUT2D eigenvalue weighted by Crippen LogP contribution is 2.27. The van der Waals surface area contributed by atoms with Crippen molar-refractivity contribution in [2.24, 2.45) is 0 Å². The minimum absolute atomic E-state index is 0.137. The van der Waals surface area contributed by atoms with E-state index in [1.165, 1.54) is 6.07 Å². The second kappa shape index (κ2) is 7.27. The second-order valence-corrected chi connectivity index (χ2v) is 5.53. The molecule has 0 aliphatic carbocycles. The lowest BCUT2D eigenvalue weighted by Crippen LogP contribution is -2.10. The van der Waals surface area contributed by atoms with Gasteiger partial charge in [0, 0.05) is 12.0 Å². The van der Waals surface area contributed by atoms with Crippen molar-refractivity contribution in [2.45, 2.75) is 40.7 Å². The molecule has 0 aliphatic heterocycles. The minimum atomic E-state index is -0.395. The molecule has 0 spiro atoms. The Morgan fingerprint density at radius 3 is 2.43 bits per heavy atom. The molecule has 0 saturated heterocycles. The zero-order valence-electron chi connectivity index (χ0n) is 13.9. The van der Waals surface area contributed by atoms with Gasteiger partial charge in [0.2, 0.25) is 0 Å². The quantitative estimate of drug-likeness (QED) is 0.595. The first-order valence-corrected chi connectivity index (χ1v) is 7.61. The summed E-state index contributed by atoms with van der Waals surface area (Å²) >= 11 is 0. The number of halogens is 1. The van der Waals surface area contributed by atoms with Gasteiger partial charge in [-0.3, -0.25) is 4.79 Å². The molecule has 0 radical (unpaired) electrons. The minimum Gasteiger partial charge on any atom is -0.486 e. The molecule has 0 aromatic heterocycles. The van der Waals surface area contributed by atoms with Crippen molar-refractivity contribution >= 4 is 5.97 Å². The van der Waals surface area contributed by atoms with Crippen LogP contribution in [0.4, 0.5) is 4.39 Å². The fourth-order valence-electron chi connectivity index (χ4n) is 2.17. The molecule has 3 nitrogen and oxygen atoms in total. The highest BCUT2D eigenvalue weighted by Gasteiger charge is 2.13. The van der Waals surface area contributed by atoms with E-state index in [1.807, 2.05) is 32.9 Å². The first kappa shape index (κ1) is 17.0. The van der Waals surface area contributed by atoms with E-state index >= 15 is 0 Å². The number of aryl methyl sites for hydroxylation is 3. The zero-order chi connectivity index (χ0) is 17.0. The molecule has 2 rings (SSSR count). The summed E-state index contributed by atoms with van der Waals surface area (Å²) in [5.74, 6) is -0.0480. The smallest absolute Gasteiger partial charge is 0.310 e. The molecule has 0 N–H and O–H groups in total. The Morgan fingerprint density at radius 1 is 1.04 bits per heavy atom. The SMILES string of the molecule is CCC(=O)Oc1cccc(C)c1COc1cc(C)c(C)cc1F. The Kier molecular flexibility index (Phi) is 5.37. The number of benzene rings is 2. The highest BCUT2D eigenvalue weighted by molar-refractivity contribution is 5.72. The standard InChI is InChI=1S/C19H21FO3/c1-5-19(21)23-17-8-6-7-12(2)15(17)11-22-18-10-14(4)13(3)9-16(18)20/h6-10H,5,11H2,1-4H3. The maximum absolute atomic E-state index is 14.0. The predicted molar refractivity (Wildman–Crippen MR) is 87.3 cm³/mol. The van der Waals surface area contributed by atoms with Gasteiger partial charge in [-0.05, 0) is 55.7 Å². The summed E-state index contributed by atoms with van der Waals surface area (Å²) in [7, 11) is 0. The number of ether oxygens (including phenoxy) is 2. The third kappa shape index (κ3) is 4.09. The largest absolute Gasteiger partial charge is 0.486 e. The lowest BCUT2D eigenvalue weighted by atomic mass is 10.1. The summed E-state index contributed by atoms with van der Waals surface area (Å²) < 4.78 is 24.9. The highest BCUT2D eigenvalue weighted by atomic mass is 19.1. The fraction of sp³-hybridized carbons (Fsp3) is 0.316. The fourth-order valence-corrected chi connectivity index (χ4v) is 2.17. The van der Waals surface area contributed by atoms with Crippen LogP contribution >= 0.6 is 0 Å². The summed E-state index contributed by atoms with van der Waals surface area (Å²) in [5.41, 5.74) is 3.51. The van der Waals surface area contributed by atoms with Crippen molar-refractivity contribution < 1.29 is 18.7 Å². The van der Waals surface area contributed by atoms with E-state index < -0.39 is 5.82 Å². The van der Waals surface area contributed by atoms with Crippen LogP contribution in [0.3, 0.4) is 0 Å². The number of rotatable bonds is 5. The van der Waals surface area contributed by atoms with Gasteiger partial charge in [0.05, 0.1) is 0 Å². The van der Waals surface area contributed by atoms with Gasteiger partial charge in [0.15, 0.2) is 11.6 Å². The Hall–Kier alpha value is -2.36. The van der Waals surface area contributed by atoms with E-state index in [2.05, 4.69) is 0 Å². The van der Waals surface area contributed by atoms with Crippen molar-refractivity contribution in [1.29, 1.82) is 0 Å². The first-order valence-electron chi connectivity index (χ1n) is 7.61. The third-order valence-corrected chi connectivity index (χ3v) is 3.80. The maximum atomic E-state index is 14.0. The van der Waals surface area contributed by atoms with Crippen LogP contribution < -0.4 is 9.47 Å². The predicted octanol–water partition coefficient (Wildman–Crippen LogP) is 4.65. The molecule has 2 aromatic rings. The first-order chi connectivity index (χ1) is 10.9. The van der Waals surface area contributed by atoms with Crippen LogP contribution in [0.1, 0.15) is 35.6 Å². The van der Waals surface area contributed by atoms with Crippen LogP contribution in [0.25, 0.3) is 0 Å². The molecular formula is C19H21FO3. The molecule has 23 heavy (non-hydrogen) atoms. The average molecular weight is 316 g/mol. The normalized spacial score (nSPS) is 10.5. The topological polar surface area (TPSA) is 35.5 Å². The van der Waals surface area contributed by atoms with E-state index in [9.17, 15) is 9.18 Å². The van der Waals surface area contributed by atoms with Gasteiger partial charge in [0.1, 0.15) is 12.4 Å². The van der Waals surface area contributed by atoms with E-state index in [0.717, 1.165) is 22.3 Å². The Bertz CT molecular complexity index is 723. The Labute approximate surface area is 136 Å². The summed E-state index contributed by atoms with van der Waals surface area (Å²) in [6.45, 7) is 7.53. The van der Waals surface area contributed by atoms with Crippen molar-refractivity contribution in [3.8, 4) is 11.5 Å². The Balaban J connectivity index is 2.23. The molecule has 122 valence electrons. The monoisotopic (exact) mass is 316 g/mol. The van der Waals surface area contributed by atoms with Crippen LogP contribution in [-0.4, -0.2) is 5.97 Å². The van der Waals surface area contributed by atoms with Crippen LogP contribution in [0, 0.1) is 26.6 Å². The molecule has 0 bridgehead atoms. The number of carbonyl (C=O) groups excluding carboxylic acids is 1. The van der Waals surface area contributed by atoms with Crippen LogP contribution in [0.15, 0.2) is 30.3 Å². The molecule has 0 fully saturated rings. The van der Waals surface area contributed by atoms with E-state index in [-0.39, 0.29) is 18.3 Å². The summed E-state index contributed by atoms with van der Waals surface area (Å²) in [4.78, 5) is 11.5. The second-order valence-electron chi connectivity index (χ2n) is 5.53. The molecule has 4 heteroatoms. The van der Waals surface area contributed by atoms with Gasteiger partial charge in [-0.25, -0.2) is 4.39 Å². The summed E-state index contributed by atoms with van der Waals surface area (Å²) in [6.07, 6.45) is 0.292. The summed E-state index contributed by atoms with van der Waals surface area (Å²) in [5, 5.41) is 0. The molecule has 2 aromatic carbocycles. The molecule has 0 heterocycles. The van der Waals surface area contributed by atoms with Crippen LogP contribution in [-0.2, 0) is 11.4 Å². The molecule has 0 unspecified atom stereocenters. The molecule has 0 saturated carbocycles. The van der Waals surface area contributed by atoms with Gasteiger partial charge in [-0.15, -0.1) is 0 Å². The van der Waals surface area contributed by atoms with Crippen molar-refractivity contribution in [3.05, 3.63) is 58.4 Å². The number of esters is 1. The van der Waals surface area contributed by atoms with Gasteiger partial charge in [0.25, 0.3) is 0 Å². The van der Waals surface area contributed by atoms with Crippen molar-refractivity contribution in [1.82, 2.24) is 0 Å². The van der Waals surface area contributed by atoms with E-state index in [4.69, 9.17) is 9.47 Å². The van der Waals surface area contributed by atoms with Gasteiger partial charge in [-0.1, -0.05) is 19.1 Å². The van der Waals surface area contributed by atoms with Gasteiger partial charge >= 0.3 is 5.97 Å². The number of hydrogen-bond acceptors (Lipinski definition) is 3. The molecule has 0 aliphatic rings. The molecule has 0 atom stereocenters. The van der Waals surface area contributed by atoms with Gasteiger partial charge < -0.3 is 9.47 Å².